The van der Waals surface area contributed by atoms with E-state index in [1.807, 2.05) is 12.1 Å². The van der Waals surface area contributed by atoms with E-state index in [9.17, 15) is 4.39 Å². The quantitative estimate of drug-likeness (QED) is 0.350. The van der Waals surface area contributed by atoms with Crippen molar-refractivity contribution in [1.29, 1.82) is 0 Å². The molecule has 3 heterocycles. The van der Waals surface area contributed by atoms with Crippen LogP contribution in [-0.2, 0) is 0 Å². The van der Waals surface area contributed by atoms with Crippen molar-refractivity contribution < 1.29 is 4.39 Å². The van der Waals surface area contributed by atoms with E-state index < -0.39 is 5.82 Å². The van der Waals surface area contributed by atoms with E-state index in [2.05, 4.69) is 25.3 Å². The summed E-state index contributed by atoms with van der Waals surface area (Å²) in [4.78, 5) is 10.5. The number of benzene rings is 1. The molecule has 1 saturated heterocycles. The smallest absolute Gasteiger partial charge is 0.191 e. The number of nitrogens with two attached hydrogens (primary N) is 2. The average Bonchev–Trinajstić information content (AvgIpc) is 3.02. The standard InChI is InChI=1S/C18H20ClFN8/c1-10-24-18-14(20)6-11(9-28(18)26-10)25-17(22)16-13(19)7-12(8-15(16)21)27-4-2-23-3-5-27/h6-9,23H,2-5,21H2,1H3,(H2,22,25). The van der Waals surface area contributed by atoms with Gasteiger partial charge in [-0.25, -0.2) is 18.9 Å². The normalized spacial score (nSPS) is 15.4. The molecule has 0 spiro atoms. The Labute approximate surface area is 166 Å². The highest BCUT2D eigenvalue weighted by Gasteiger charge is 2.17. The molecule has 4 rings (SSSR count). The summed E-state index contributed by atoms with van der Waals surface area (Å²) in [7, 11) is 0. The Morgan fingerprint density at radius 2 is 2.04 bits per heavy atom. The molecule has 0 bridgehead atoms. The van der Waals surface area contributed by atoms with Crippen LogP contribution in [0.3, 0.4) is 0 Å². The Balaban J connectivity index is 1.70. The third-order valence-corrected chi connectivity index (χ3v) is 4.87. The molecule has 1 aliphatic heterocycles. The molecule has 146 valence electrons. The fraction of sp³-hybridized carbons (Fsp3) is 0.278. The van der Waals surface area contributed by atoms with Gasteiger partial charge in [0.05, 0.1) is 22.5 Å². The highest BCUT2D eigenvalue weighted by atomic mass is 35.5. The molecule has 3 aromatic rings. The number of nitrogen functional groups attached to an aromatic ring is 1. The summed E-state index contributed by atoms with van der Waals surface area (Å²) < 4.78 is 15.6. The molecule has 8 nitrogen and oxygen atoms in total. The van der Waals surface area contributed by atoms with E-state index in [4.69, 9.17) is 23.1 Å². The zero-order chi connectivity index (χ0) is 19.8. The number of anilines is 2. The summed E-state index contributed by atoms with van der Waals surface area (Å²) in [5.41, 5.74) is 14.6. The van der Waals surface area contributed by atoms with E-state index in [0.717, 1.165) is 31.9 Å². The van der Waals surface area contributed by atoms with Crippen molar-refractivity contribution in [3.05, 3.63) is 46.6 Å². The number of aliphatic imine (C=N–C) groups is 1. The Morgan fingerprint density at radius 3 is 2.75 bits per heavy atom. The number of rotatable bonds is 3. The van der Waals surface area contributed by atoms with Crippen molar-refractivity contribution in [2.24, 2.45) is 10.7 Å². The summed E-state index contributed by atoms with van der Waals surface area (Å²) in [5, 5.41) is 7.81. The van der Waals surface area contributed by atoms with Crippen LogP contribution in [0.2, 0.25) is 5.02 Å². The lowest BCUT2D eigenvalue weighted by Gasteiger charge is -2.30. The molecular weight excluding hydrogens is 383 g/mol. The Morgan fingerprint density at radius 1 is 1.29 bits per heavy atom. The Kier molecular flexibility index (Phi) is 4.78. The van der Waals surface area contributed by atoms with Gasteiger partial charge >= 0.3 is 0 Å². The lowest BCUT2D eigenvalue weighted by Crippen LogP contribution is -2.43. The lowest BCUT2D eigenvalue weighted by atomic mass is 10.1. The summed E-state index contributed by atoms with van der Waals surface area (Å²) in [6.45, 7) is 5.23. The molecule has 1 aliphatic rings. The van der Waals surface area contributed by atoms with Gasteiger partial charge in [-0.05, 0) is 19.1 Å². The number of fused-ring (bicyclic) bond motifs is 1. The van der Waals surface area contributed by atoms with Crippen molar-refractivity contribution in [2.75, 3.05) is 36.8 Å². The minimum Gasteiger partial charge on any atom is -0.398 e. The van der Waals surface area contributed by atoms with Gasteiger partial charge in [-0.2, -0.15) is 5.10 Å². The fourth-order valence-electron chi connectivity index (χ4n) is 3.28. The molecule has 0 saturated carbocycles. The predicted molar refractivity (Wildman–Crippen MR) is 109 cm³/mol. The van der Waals surface area contributed by atoms with Gasteiger partial charge in [0, 0.05) is 43.6 Å². The van der Waals surface area contributed by atoms with E-state index in [-0.39, 0.29) is 17.2 Å². The third-order valence-electron chi connectivity index (χ3n) is 4.57. The predicted octanol–water partition coefficient (Wildman–Crippen LogP) is 1.86. The average molecular weight is 403 g/mol. The molecule has 0 atom stereocenters. The Hall–Kier alpha value is -2.91. The maximum Gasteiger partial charge on any atom is 0.191 e. The summed E-state index contributed by atoms with van der Waals surface area (Å²) in [6.07, 6.45) is 1.55. The molecule has 1 aromatic carbocycles. The molecule has 5 N–H and O–H groups in total. The van der Waals surface area contributed by atoms with Gasteiger partial charge in [-0.1, -0.05) is 11.6 Å². The molecular formula is C18H20ClFN8. The van der Waals surface area contributed by atoms with Crippen LogP contribution in [0.4, 0.5) is 21.5 Å². The number of hydrogen-bond donors (Lipinski definition) is 3. The van der Waals surface area contributed by atoms with Gasteiger partial charge in [-0.15, -0.1) is 0 Å². The van der Waals surface area contributed by atoms with Crippen LogP contribution in [0.15, 0.2) is 29.4 Å². The van der Waals surface area contributed by atoms with Gasteiger partial charge in [0.25, 0.3) is 0 Å². The van der Waals surface area contributed by atoms with Crippen molar-refractivity contribution in [3.63, 3.8) is 0 Å². The van der Waals surface area contributed by atoms with Gasteiger partial charge in [0.15, 0.2) is 11.5 Å². The van der Waals surface area contributed by atoms with Crippen LogP contribution in [0.5, 0.6) is 0 Å². The molecule has 2 aromatic heterocycles. The minimum absolute atomic E-state index is 0.102. The second-order valence-corrected chi connectivity index (χ2v) is 7.01. The highest BCUT2D eigenvalue weighted by molar-refractivity contribution is 6.35. The van der Waals surface area contributed by atoms with Gasteiger partial charge < -0.3 is 21.7 Å². The number of amidine groups is 1. The molecule has 0 amide bonds. The number of aryl methyl sites for hydroxylation is 1. The minimum atomic E-state index is -0.539. The molecule has 28 heavy (non-hydrogen) atoms. The molecule has 0 radical (unpaired) electrons. The Bertz CT molecular complexity index is 1050. The van der Waals surface area contributed by atoms with E-state index in [1.54, 1.807) is 13.1 Å². The molecule has 0 aliphatic carbocycles. The monoisotopic (exact) mass is 402 g/mol. The number of nitrogens with one attached hydrogen (secondary N) is 1. The summed E-state index contributed by atoms with van der Waals surface area (Å²) in [5.74, 6) is 0.0246. The zero-order valence-electron chi connectivity index (χ0n) is 15.3. The summed E-state index contributed by atoms with van der Waals surface area (Å²) in [6, 6.07) is 4.90. The first-order valence-corrected chi connectivity index (χ1v) is 9.22. The van der Waals surface area contributed by atoms with E-state index >= 15 is 0 Å². The van der Waals surface area contributed by atoms with Gasteiger partial charge in [-0.3, -0.25) is 0 Å². The fourth-order valence-corrected chi connectivity index (χ4v) is 3.60. The zero-order valence-corrected chi connectivity index (χ0v) is 16.0. The van der Waals surface area contributed by atoms with Crippen LogP contribution < -0.4 is 21.7 Å². The van der Waals surface area contributed by atoms with Crippen molar-refractivity contribution >= 4 is 40.1 Å². The SMILES string of the molecule is Cc1nc2c(F)cc(N=C(N)c3c(N)cc(N4CCNCC4)cc3Cl)cn2n1. The number of halogens is 2. The highest BCUT2D eigenvalue weighted by Crippen LogP contribution is 2.30. The molecule has 10 heteroatoms. The number of nitrogens with zero attached hydrogens (tertiary/aromatic N) is 5. The first-order valence-electron chi connectivity index (χ1n) is 8.84. The van der Waals surface area contributed by atoms with Crippen LogP contribution in [0.1, 0.15) is 11.4 Å². The van der Waals surface area contributed by atoms with E-state index in [0.29, 0.717) is 22.1 Å². The number of aromatic nitrogens is 3. The van der Waals surface area contributed by atoms with Crippen LogP contribution in [0, 0.1) is 12.7 Å². The van der Waals surface area contributed by atoms with Gasteiger partial charge in [0.2, 0.25) is 0 Å². The molecule has 1 fully saturated rings. The maximum absolute atomic E-state index is 14.2. The summed E-state index contributed by atoms with van der Waals surface area (Å²) >= 11 is 6.46. The van der Waals surface area contributed by atoms with E-state index in [1.165, 1.54) is 10.6 Å². The number of piperazine rings is 1. The van der Waals surface area contributed by atoms with Crippen molar-refractivity contribution in [3.8, 4) is 0 Å². The first kappa shape index (κ1) is 18.5. The third kappa shape index (κ3) is 3.46. The largest absolute Gasteiger partial charge is 0.398 e. The first-order chi connectivity index (χ1) is 13.4. The van der Waals surface area contributed by atoms with Crippen LogP contribution >= 0.6 is 11.6 Å². The van der Waals surface area contributed by atoms with Crippen molar-refractivity contribution in [1.82, 2.24) is 19.9 Å². The van der Waals surface area contributed by atoms with Crippen LogP contribution in [-0.4, -0.2) is 46.6 Å². The van der Waals surface area contributed by atoms with Gasteiger partial charge in [0.1, 0.15) is 11.7 Å². The molecule has 0 unspecified atom stereocenters. The number of pyridine rings is 1. The second-order valence-electron chi connectivity index (χ2n) is 6.60. The number of hydrogen-bond acceptors (Lipinski definition) is 6. The topological polar surface area (TPSA) is 110 Å². The lowest BCUT2D eigenvalue weighted by molar-refractivity contribution is 0.589. The maximum atomic E-state index is 14.2. The second kappa shape index (κ2) is 7.25. The van der Waals surface area contributed by atoms with Crippen LogP contribution in [0.25, 0.3) is 5.65 Å². The van der Waals surface area contributed by atoms with Crippen molar-refractivity contribution in [2.45, 2.75) is 6.92 Å².